The normalized spacial score (nSPS) is 13.8. The first-order valence-electron chi connectivity index (χ1n) is 14.0. The molecule has 1 aliphatic rings. The van der Waals surface area contributed by atoms with Crippen LogP contribution in [-0.2, 0) is 11.3 Å². The molecular weight excluding hydrogens is 534 g/mol. The van der Waals surface area contributed by atoms with E-state index in [-0.39, 0.29) is 5.97 Å². The number of anilines is 1. The van der Waals surface area contributed by atoms with Crippen molar-refractivity contribution in [2.24, 2.45) is 0 Å². The Bertz CT molecular complexity index is 1690. The minimum Gasteiger partial charge on any atom is -0.489 e. The van der Waals surface area contributed by atoms with E-state index in [9.17, 15) is 4.79 Å². The summed E-state index contributed by atoms with van der Waals surface area (Å²) >= 11 is 6.10. The fourth-order valence-corrected chi connectivity index (χ4v) is 5.89. The topological polar surface area (TPSA) is 79.4 Å². The molecule has 7 heteroatoms. The van der Waals surface area contributed by atoms with E-state index in [4.69, 9.17) is 31.8 Å². The Morgan fingerprint density at radius 2 is 1.66 bits per heavy atom. The van der Waals surface area contributed by atoms with E-state index < -0.39 is 0 Å². The van der Waals surface area contributed by atoms with E-state index in [1.54, 1.807) is 0 Å². The van der Waals surface area contributed by atoms with Gasteiger partial charge in [-0.25, -0.2) is 9.78 Å². The number of nitrogens with zero attached hydrogens (tertiary/aromatic N) is 2. The maximum Gasteiger partial charge on any atom is 0.337 e. The van der Waals surface area contributed by atoms with E-state index in [0.717, 1.165) is 57.7 Å². The summed E-state index contributed by atoms with van der Waals surface area (Å²) in [5.41, 5.74) is 13.3. The number of ether oxygens (including phenoxy) is 2. The molecule has 1 aromatic heterocycles. The van der Waals surface area contributed by atoms with Crippen molar-refractivity contribution in [1.29, 1.82) is 0 Å². The Morgan fingerprint density at radius 3 is 2.39 bits per heavy atom. The largest absolute Gasteiger partial charge is 0.489 e. The van der Waals surface area contributed by atoms with Crippen LogP contribution in [-0.4, -0.2) is 22.6 Å². The van der Waals surface area contributed by atoms with Gasteiger partial charge in [-0.15, -0.1) is 0 Å². The van der Waals surface area contributed by atoms with E-state index >= 15 is 0 Å². The van der Waals surface area contributed by atoms with E-state index in [2.05, 4.69) is 16.7 Å². The summed E-state index contributed by atoms with van der Waals surface area (Å²) in [5, 5.41) is 0.697. The number of benzene rings is 4. The molecule has 208 valence electrons. The molecule has 41 heavy (non-hydrogen) atoms. The SMILES string of the molecule is COC(=O)c1ccc2c(c1)nc(-c1ccc(OCc3cc(N)ccc3-c3ccc(Cl)cc3)cc1)n2C1CCCCC1. The molecule has 0 bridgehead atoms. The van der Waals surface area contributed by atoms with E-state index in [1.807, 2.05) is 72.8 Å². The number of methoxy groups -OCH3 is 1. The molecule has 0 radical (unpaired) electrons. The first-order valence-corrected chi connectivity index (χ1v) is 14.4. The number of esters is 1. The quantitative estimate of drug-likeness (QED) is 0.158. The van der Waals surface area contributed by atoms with E-state index in [0.29, 0.717) is 28.9 Å². The molecule has 0 saturated heterocycles. The second-order valence-electron chi connectivity index (χ2n) is 10.5. The summed E-state index contributed by atoms with van der Waals surface area (Å²) < 4.78 is 13.5. The fraction of sp³-hybridized carbons (Fsp3) is 0.235. The van der Waals surface area contributed by atoms with Crippen LogP contribution in [0.5, 0.6) is 5.75 Å². The second-order valence-corrected chi connectivity index (χ2v) is 11.0. The lowest BCUT2D eigenvalue weighted by Crippen LogP contribution is -2.14. The third-order valence-corrected chi connectivity index (χ3v) is 8.09. The van der Waals surface area contributed by atoms with Crippen molar-refractivity contribution in [3.05, 3.63) is 101 Å². The minimum absolute atomic E-state index is 0.360. The molecule has 1 aliphatic carbocycles. The Kier molecular flexibility index (Phi) is 7.66. The van der Waals surface area contributed by atoms with Gasteiger partial charge in [0.1, 0.15) is 18.2 Å². The van der Waals surface area contributed by atoms with Crippen molar-refractivity contribution < 1.29 is 14.3 Å². The maximum atomic E-state index is 12.2. The molecule has 0 spiro atoms. The van der Waals surface area contributed by atoms with Crippen LogP contribution in [0.1, 0.15) is 54.1 Å². The van der Waals surface area contributed by atoms with Crippen molar-refractivity contribution in [1.82, 2.24) is 9.55 Å². The number of nitrogen functional groups attached to an aromatic ring is 1. The monoisotopic (exact) mass is 565 g/mol. The molecule has 1 fully saturated rings. The Hall–Kier alpha value is -4.29. The van der Waals surface area contributed by atoms with Crippen molar-refractivity contribution in [2.75, 3.05) is 12.8 Å². The van der Waals surface area contributed by atoms with Crippen LogP contribution in [0, 0.1) is 0 Å². The highest BCUT2D eigenvalue weighted by molar-refractivity contribution is 6.30. The standard InChI is InChI=1S/C34H32ClN3O3/c1-40-34(39)24-11-18-32-31(20-24)37-33(38(32)28-5-3-2-4-6-28)23-9-15-29(16-10-23)41-21-25-19-27(36)14-17-30(25)22-7-12-26(35)13-8-22/h7-20,28H,2-6,21,36H2,1H3. The average molecular weight is 566 g/mol. The van der Waals surface area contributed by atoms with Crippen molar-refractivity contribution in [2.45, 2.75) is 44.8 Å². The van der Waals surface area contributed by atoms with Gasteiger partial charge >= 0.3 is 5.97 Å². The predicted octanol–water partition coefficient (Wildman–Crippen LogP) is 8.48. The number of hydrogen-bond donors (Lipinski definition) is 1. The van der Waals surface area contributed by atoms with Gasteiger partial charge < -0.3 is 19.8 Å². The minimum atomic E-state index is -0.360. The highest BCUT2D eigenvalue weighted by atomic mass is 35.5. The molecule has 0 aliphatic heterocycles. The third kappa shape index (κ3) is 5.66. The number of imidazole rings is 1. The first-order chi connectivity index (χ1) is 20.0. The number of carbonyl (C=O) groups is 1. The zero-order chi connectivity index (χ0) is 28.3. The van der Waals surface area contributed by atoms with Gasteiger partial charge in [-0.2, -0.15) is 0 Å². The van der Waals surface area contributed by atoms with Crippen molar-refractivity contribution >= 4 is 34.3 Å². The van der Waals surface area contributed by atoms with Gasteiger partial charge in [0.15, 0.2) is 0 Å². The van der Waals surface area contributed by atoms with Crippen molar-refractivity contribution in [3.63, 3.8) is 0 Å². The van der Waals surface area contributed by atoms with Crippen LogP contribution >= 0.6 is 11.6 Å². The Morgan fingerprint density at radius 1 is 0.927 bits per heavy atom. The summed E-state index contributed by atoms with van der Waals surface area (Å²) in [6.45, 7) is 0.374. The zero-order valence-electron chi connectivity index (χ0n) is 23.0. The molecule has 2 N–H and O–H groups in total. The van der Waals surface area contributed by atoms with Gasteiger partial charge in [-0.05, 0) is 96.3 Å². The predicted molar refractivity (Wildman–Crippen MR) is 164 cm³/mol. The van der Waals surface area contributed by atoms with Crippen molar-refractivity contribution in [3.8, 4) is 28.3 Å². The molecule has 0 atom stereocenters. The molecule has 1 saturated carbocycles. The van der Waals surface area contributed by atoms with Crippen LogP contribution in [0.4, 0.5) is 5.69 Å². The molecule has 4 aromatic carbocycles. The fourth-order valence-electron chi connectivity index (χ4n) is 5.76. The van der Waals surface area contributed by atoms with Crippen LogP contribution in [0.25, 0.3) is 33.5 Å². The average Bonchev–Trinajstić information content (AvgIpc) is 3.40. The Labute approximate surface area is 244 Å². The van der Waals surface area contributed by atoms with E-state index in [1.165, 1.54) is 26.4 Å². The van der Waals surface area contributed by atoms with Gasteiger partial charge in [0.05, 0.1) is 23.7 Å². The summed E-state index contributed by atoms with van der Waals surface area (Å²) in [6, 6.07) is 27.7. The molecule has 0 unspecified atom stereocenters. The van der Waals surface area contributed by atoms with Gasteiger partial charge in [0.25, 0.3) is 0 Å². The molecule has 0 amide bonds. The highest BCUT2D eigenvalue weighted by Gasteiger charge is 2.23. The zero-order valence-corrected chi connectivity index (χ0v) is 23.7. The lowest BCUT2D eigenvalue weighted by atomic mass is 9.95. The molecule has 1 heterocycles. The third-order valence-electron chi connectivity index (χ3n) is 7.84. The summed E-state index contributed by atoms with van der Waals surface area (Å²) in [4.78, 5) is 17.2. The number of aromatic nitrogens is 2. The number of nitrogens with two attached hydrogens (primary N) is 1. The van der Waals surface area contributed by atoms with Crippen LogP contribution in [0.2, 0.25) is 5.02 Å². The number of carbonyl (C=O) groups excluding carboxylic acids is 1. The molecular formula is C34H32ClN3O3. The molecule has 5 aromatic rings. The number of rotatable bonds is 7. The van der Waals surface area contributed by atoms with Gasteiger partial charge in [0.2, 0.25) is 0 Å². The van der Waals surface area contributed by atoms with Gasteiger partial charge in [0, 0.05) is 22.3 Å². The van der Waals surface area contributed by atoms with Gasteiger partial charge in [-0.3, -0.25) is 0 Å². The number of halogens is 1. The summed E-state index contributed by atoms with van der Waals surface area (Å²) in [7, 11) is 1.40. The highest BCUT2D eigenvalue weighted by Crippen LogP contribution is 2.37. The Balaban J connectivity index is 1.29. The number of fused-ring (bicyclic) bond motifs is 1. The van der Waals surface area contributed by atoms with Crippen LogP contribution < -0.4 is 10.5 Å². The smallest absolute Gasteiger partial charge is 0.337 e. The second kappa shape index (κ2) is 11.7. The summed E-state index contributed by atoms with van der Waals surface area (Å²) in [5.74, 6) is 1.30. The molecule has 6 nitrogen and oxygen atoms in total. The first kappa shape index (κ1) is 26.9. The lowest BCUT2D eigenvalue weighted by molar-refractivity contribution is 0.0601. The van der Waals surface area contributed by atoms with Crippen LogP contribution in [0.3, 0.4) is 0 Å². The molecule has 6 rings (SSSR count). The summed E-state index contributed by atoms with van der Waals surface area (Å²) in [6.07, 6.45) is 5.92. The van der Waals surface area contributed by atoms with Crippen LogP contribution in [0.15, 0.2) is 84.9 Å². The lowest BCUT2D eigenvalue weighted by Gasteiger charge is -2.25. The van der Waals surface area contributed by atoms with Gasteiger partial charge in [-0.1, -0.05) is 49.1 Å². The maximum absolute atomic E-state index is 12.2. The number of hydrogen-bond acceptors (Lipinski definition) is 5.